The quantitative estimate of drug-likeness (QED) is 0.520. The molecule has 3 aromatic heterocycles. The molecule has 0 spiro atoms. The van der Waals surface area contributed by atoms with Crippen molar-refractivity contribution in [2.75, 3.05) is 18.4 Å². The van der Waals surface area contributed by atoms with E-state index in [2.05, 4.69) is 31.9 Å². The van der Waals surface area contributed by atoms with Crippen molar-refractivity contribution in [3.8, 4) is 5.88 Å². The Balaban J connectivity index is 1.59. The molecule has 3 N–H and O–H groups in total. The van der Waals surface area contributed by atoms with Gasteiger partial charge in [-0.05, 0) is 19.4 Å². The highest BCUT2D eigenvalue weighted by molar-refractivity contribution is 6.35. The lowest BCUT2D eigenvalue weighted by molar-refractivity contribution is 0.0519. The molecular formula is C18H22ClN7O2. The van der Waals surface area contributed by atoms with Gasteiger partial charge in [-0.25, -0.2) is 0 Å². The highest BCUT2D eigenvalue weighted by Gasteiger charge is 2.28. The van der Waals surface area contributed by atoms with Gasteiger partial charge in [-0.15, -0.1) is 0 Å². The zero-order chi connectivity index (χ0) is 19.7. The maximum atomic E-state index is 9.94. The van der Waals surface area contributed by atoms with Gasteiger partial charge >= 0.3 is 0 Å². The van der Waals surface area contributed by atoms with Crippen molar-refractivity contribution in [2.45, 2.75) is 32.2 Å². The molecule has 4 rings (SSSR count). The third-order valence-corrected chi connectivity index (χ3v) is 5.00. The normalized spacial score (nSPS) is 18.5. The van der Waals surface area contributed by atoms with Gasteiger partial charge in [0.1, 0.15) is 18.0 Å². The number of nitrogens with zero attached hydrogens (tertiary/aromatic N) is 5. The lowest BCUT2D eigenvalue weighted by Crippen LogP contribution is -2.33. The van der Waals surface area contributed by atoms with Crippen molar-refractivity contribution in [2.24, 2.45) is 0 Å². The van der Waals surface area contributed by atoms with E-state index < -0.39 is 6.23 Å². The van der Waals surface area contributed by atoms with Gasteiger partial charge in [-0.2, -0.15) is 15.1 Å². The third kappa shape index (κ3) is 3.68. The minimum absolute atomic E-state index is 0.116. The molecule has 0 saturated carbocycles. The Hall–Kier alpha value is -2.62. The van der Waals surface area contributed by atoms with Crippen LogP contribution in [0, 0.1) is 0 Å². The number of aromatic nitrogens is 5. The fourth-order valence-corrected chi connectivity index (χ4v) is 3.46. The van der Waals surface area contributed by atoms with E-state index in [1.807, 2.05) is 22.7 Å². The van der Waals surface area contributed by atoms with Crippen molar-refractivity contribution >= 4 is 34.3 Å². The first-order valence-electron chi connectivity index (χ1n) is 9.12. The van der Waals surface area contributed by atoms with Crippen molar-refractivity contribution in [3.63, 3.8) is 0 Å². The van der Waals surface area contributed by atoms with Crippen LogP contribution in [0.2, 0.25) is 5.02 Å². The molecular weight excluding hydrogens is 382 g/mol. The molecule has 1 aliphatic heterocycles. The first-order chi connectivity index (χ1) is 13.6. The van der Waals surface area contributed by atoms with Gasteiger partial charge in [0.05, 0.1) is 22.3 Å². The van der Waals surface area contributed by atoms with Crippen LogP contribution in [0.5, 0.6) is 5.88 Å². The number of aliphatic hydroxyl groups excluding tert-OH is 1. The molecule has 3 aromatic rings. The molecule has 2 unspecified atom stereocenters. The molecule has 0 aromatic carbocycles. The number of hydrogen-bond acceptors (Lipinski definition) is 7. The maximum Gasteiger partial charge on any atom is 0.232 e. The molecule has 0 radical (unpaired) electrons. The van der Waals surface area contributed by atoms with E-state index in [4.69, 9.17) is 16.3 Å². The molecule has 28 heavy (non-hydrogen) atoms. The van der Waals surface area contributed by atoms with Gasteiger partial charge in [0.25, 0.3) is 0 Å². The Labute approximate surface area is 167 Å². The standard InChI is InChI=1S/C18H22ClN7O2/c1-3-14(27)25-6-5-12(10-25)28-17-15-13(19)8-20-16(15)23-18(24-17)22-11-7-21-26(4-2)9-11/h3,7-9,12,14,27H,1,4-6,10H2,2H3,(H2,20,22,23,24). The van der Waals surface area contributed by atoms with Crippen LogP contribution in [-0.4, -0.2) is 60.2 Å². The first-order valence-corrected chi connectivity index (χ1v) is 9.50. The Morgan fingerprint density at radius 1 is 1.54 bits per heavy atom. The Bertz CT molecular complexity index is 986. The van der Waals surface area contributed by atoms with Crippen LogP contribution in [-0.2, 0) is 6.54 Å². The average Bonchev–Trinajstić information content (AvgIpc) is 3.42. The summed E-state index contributed by atoms with van der Waals surface area (Å²) in [7, 11) is 0. The lowest BCUT2D eigenvalue weighted by Gasteiger charge is -2.20. The molecule has 1 aliphatic rings. The van der Waals surface area contributed by atoms with Crippen LogP contribution in [0.25, 0.3) is 11.0 Å². The molecule has 9 nitrogen and oxygen atoms in total. The van der Waals surface area contributed by atoms with Crippen LogP contribution in [0.1, 0.15) is 13.3 Å². The van der Waals surface area contributed by atoms with E-state index in [0.29, 0.717) is 41.0 Å². The van der Waals surface area contributed by atoms with Gasteiger partial charge in [0, 0.05) is 32.0 Å². The summed E-state index contributed by atoms with van der Waals surface area (Å²) in [4.78, 5) is 13.9. The summed E-state index contributed by atoms with van der Waals surface area (Å²) in [5.41, 5.74) is 1.37. The smallest absolute Gasteiger partial charge is 0.232 e. The molecule has 1 saturated heterocycles. The molecule has 0 amide bonds. The number of halogens is 1. The van der Waals surface area contributed by atoms with Crippen LogP contribution in [0.4, 0.5) is 11.6 Å². The van der Waals surface area contributed by atoms with Gasteiger partial charge in [-0.1, -0.05) is 18.2 Å². The number of aryl methyl sites for hydroxylation is 1. The monoisotopic (exact) mass is 403 g/mol. The topological polar surface area (TPSA) is 104 Å². The average molecular weight is 404 g/mol. The van der Waals surface area contributed by atoms with Crippen molar-refractivity contribution in [3.05, 3.63) is 36.3 Å². The van der Waals surface area contributed by atoms with E-state index in [0.717, 1.165) is 18.7 Å². The predicted molar refractivity (Wildman–Crippen MR) is 107 cm³/mol. The number of aromatic amines is 1. The Kier molecular flexibility index (Phi) is 5.21. The Morgan fingerprint density at radius 3 is 3.14 bits per heavy atom. The predicted octanol–water partition coefficient (Wildman–Crippen LogP) is 2.53. The fourth-order valence-electron chi connectivity index (χ4n) is 3.23. The largest absolute Gasteiger partial charge is 0.472 e. The third-order valence-electron chi connectivity index (χ3n) is 4.70. The molecule has 0 bridgehead atoms. The minimum atomic E-state index is -0.679. The second-order valence-electron chi connectivity index (χ2n) is 6.60. The summed E-state index contributed by atoms with van der Waals surface area (Å²) < 4.78 is 7.96. The number of hydrogen-bond donors (Lipinski definition) is 3. The second kappa shape index (κ2) is 7.78. The van der Waals surface area contributed by atoms with Crippen LogP contribution in [0.3, 0.4) is 0 Å². The zero-order valence-corrected chi connectivity index (χ0v) is 16.2. The van der Waals surface area contributed by atoms with E-state index in [1.165, 1.54) is 6.08 Å². The summed E-state index contributed by atoms with van der Waals surface area (Å²) in [6.45, 7) is 7.71. The number of aliphatic hydroxyl groups is 1. The number of nitrogens with one attached hydrogen (secondary N) is 2. The van der Waals surface area contributed by atoms with Gasteiger partial charge in [-0.3, -0.25) is 9.58 Å². The summed E-state index contributed by atoms with van der Waals surface area (Å²) in [5, 5.41) is 18.5. The summed E-state index contributed by atoms with van der Waals surface area (Å²) in [6.07, 6.45) is 6.73. The summed E-state index contributed by atoms with van der Waals surface area (Å²) in [6, 6.07) is 0. The SMILES string of the molecule is C=CC(O)N1CCC(Oc2nc(Nc3cnn(CC)c3)nc3[nH]cc(Cl)c23)C1. The molecule has 0 aliphatic carbocycles. The number of ether oxygens (including phenoxy) is 1. The number of anilines is 2. The minimum Gasteiger partial charge on any atom is -0.472 e. The van der Waals surface area contributed by atoms with Crippen LogP contribution in [0.15, 0.2) is 31.2 Å². The van der Waals surface area contributed by atoms with Gasteiger partial charge < -0.3 is 20.1 Å². The molecule has 4 heterocycles. The van der Waals surface area contributed by atoms with Gasteiger partial charge in [0.2, 0.25) is 11.8 Å². The first kappa shape index (κ1) is 18.7. The Morgan fingerprint density at radius 2 is 2.39 bits per heavy atom. The van der Waals surface area contributed by atoms with E-state index in [9.17, 15) is 5.11 Å². The molecule has 1 fully saturated rings. The number of fused-ring (bicyclic) bond motifs is 1. The zero-order valence-electron chi connectivity index (χ0n) is 15.5. The number of H-pyrrole nitrogens is 1. The van der Waals surface area contributed by atoms with Crippen molar-refractivity contribution in [1.29, 1.82) is 0 Å². The highest BCUT2D eigenvalue weighted by atomic mass is 35.5. The second-order valence-corrected chi connectivity index (χ2v) is 7.00. The van der Waals surface area contributed by atoms with E-state index >= 15 is 0 Å². The number of likely N-dealkylation sites (tertiary alicyclic amines) is 1. The van der Waals surface area contributed by atoms with E-state index in [-0.39, 0.29) is 6.10 Å². The molecule has 10 heteroatoms. The lowest BCUT2D eigenvalue weighted by atomic mass is 10.3. The molecule has 2 atom stereocenters. The van der Waals surface area contributed by atoms with Crippen LogP contribution < -0.4 is 10.1 Å². The van der Waals surface area contributed by atoms with Crippen LogP contribution >= 0.6 is 11.6 Å². The summed E-state index contributed by atoms with van der Waals surface area (Å²) >= 11 is 6.31. The van der Waals surface area contributed by atoms with Crippen molar-refractivity contribution < 1.29 is 9.84 Å². The maximum absolute atomic E-state index is 9.94. The number of rotatable bonds is 7. The van der Waals surface area contributed by atoms with Crippen molar-refractivity contribution in [1.82, 2.24) is 29.6 Å². The molecule has 148 valence electrons. The fraction of sp³-hybridized carbons (Fsp3) is 0.389. The summed E-state index contributed by atoms with van der Waals surface area (Å²) in [5.74, 6) is 0.791. The highest BCUT2D eigenvalue weighted by Crippen LogP contribution is 2.33. The van der Waals surface area contributed by atoms with Gasteiger partial charge in [0.15, 0.2) is 0 Å². The van der Waals surface area contributed by atoms with E-state index in [1.54, 1.807) is 12.4 Å².